The number of rotatable bonds is 8. The highest BCUT2D eigenvalue weighted by atomic mass is 35.5. The Bertz CT molecular complexity index is 709. The van der Waals surface area contributed by atoms with Crippen molar-refractivity contribution in [3.8, 4) is 11.3 Å². The number of benzene rings is 1. The Morgan fingerprint density at radius 3 is 2.32 bits per heavy atom. The second kappa shape index (κ2) is 8.30. The summed E-state index contributed by atoms with van der Waals surface area (Å²) in [6.45, 7) is 11.2. The average molecular weight is 369 g/mol. The molecule has 0 spiro atoms. The molecular formula is C19H26ClFN2O2. The summed E-state index contributed by atoms with van der Waals surface area (Å²) in [4.78, 5) is 0. The molecule has 1 aromatic heterocycles. The van der Waals surface area contributed by atoms with Gasteiger partial charge in [0.25, 0.3) is 0 Å². The van der Waals surface area contributed by atoms with Crippen LogP contribution in [0.5, 0.6) is 0 Å². The zero-order valence-corrected chi connectivity index (χ0v) is 16.2. The number of hydrogen-bond acceptors (Lipinski definition) is 3. The van der Waals surface area contributed by atoms with Crippen LogP contribution in [0.3, 0.4) is 0 Å². The Labute approximate surface area is 153 Å². The van der Waals surface area contributed by atoms with Crippen LogP contribution in [-0.4, -0.2) is 23.0 Å². The smallest absolute Gasteiger partial charge is 0.200 e. The molecule has 1 heterocycles. The van der Waals surface area contributed by atoms with Gasteiger partial charge in [-0.1, -0.05) is 18.5 Å². The van der Waals surface area contributed by atoms with E-state index in [4.69, 9.17) is 26.2 Å². The van der Waals surface area contributed by atoms with Crippen molar-refractivity contribution in [1.29, 1.82) is 0 Å². The standard InChI is InChI=1S/C19H26ClFN2O2/c1-6-19(4,5)23-17(18(24-7-2)25-8-3)12-16(22-23)13-9-10-15(21)14(20)11-13/h9-12,18H,6-8H2,1-5H3. The normalized spacial score (nSPS) is 12.2. The van der Waals surface area contributed by atoms with Crippen molar-refractivity contribution in [2.24, 2.45) is 0 Å². The van der Waals surface area contributed by atoms with E-state index < -0.39 is 12.1 Å². The molecule has 0 aliphatic rings. The van der Waals surface area contributed by atoms with Crippen LogP contribution in [0.1, 0.15) is 53.0 Å². The topological polar surface area (TPSA) is 36.3 Å². The molecule has 2 rings (SSSR count). The maximum Gasteiger partial charge on any atom is 0.200 e. The van der Waals surface area contributed by atoms with E-state index in [-0.39, 0.29) is 10.6 Å². The fourth-order valence-electron chi connectivity index (χ4n) is 2.52. The molecule has 25 heavy (non-hydrogen) atoms. The Morgan fingerprint density at radius 1 is 1.16 bits per heavy atom. The lowest BCUT2D eigenvalue weighted by molar-refractivity contribution is -0.146. The number of nitrogens with zero attached hydrogens (tertiary/aromatic N) is 2. The predicted molar refractivity (Wildman–Crippen MR) is 98.2 cm³/mol. The van der Waals surface area contributed by atoms with Gasteiger partial charge in [0.05, 0.1) is 21.9 Å². The molecule has 0 N–H and O–H groups in total. The summed E-state index contributed by atoms with van der Waals surface area (Å²) < 4.78 is 27.0. The number of hydrogen-bond donors (Lipinski definition) is 0. The highest BCUT2D eigenvalue weighted by Gasteiger charge is 2.28. The van der Waals surface area contributed by atoms with Crippen LogP contribution in [0.25, 0.3) is 11.3 Å². The van der Waals surface area contributed by atoms with E-state index in [1.165, 1.54) is 6.07 Å². The molecule has 0 saturated carbocycles. The first kappa shape index (κ1) is 19.9. The molecule has 0 atom stereocenters. The minimum Gasteiger partial charge on any atom is -0.347 e. The van der Waals surface area contributed by atoms with Gasteiger partial charge in [0.1, 0.15) is 5.82 Å². The molecule has 0 amide bonds. The quantitative estimate of drug-likeness (QED) is 0.572. The predicted octanol–water partition coefficient (Wildman–Crippen LogP) is 5.56. The van der Waals surface area contributed by atoms with E-state index in [0.717, 1.165) is 17.7 Å². The van der Waals surface area contributed by atoms with E-state index in [9.17, 15) is 4.39 Å². The van der Waals surface area contributed by atoms with Gasteiger partial charge in [0.15, 0.2) is 0 Å². The molecule has 0 aliphatic heterocycles. The third kappa shape index (κ3) is 4.40. The van der Waals surface area contributed by atoms with Gasteiger partial charge in [-0.15, -0.1) is 0 Å². The van der Waals surface area contributed by atoms with E-state index in [1.807, 2.05) is 24.6 Å². The van der Waals surface area contributed by atoms with E-state index in [2.05, 4.69) is 20.8 Å². The van der Waals surface area contributed by atoms with Gasteiger partial charge < -0.3 is 9.47 Å². The number of ether oxygens (including phenoxy) is 2. The minimum atomic E-state index is -0.502. The first-order valence-corrected chi connectivity index (χ1v) is 9.00. The van der Waals surface area contributed by atoms with Crippen molar-refractivity contribution in [2.75, 3.05) is 13.2 Å². The third-order valence-corrected chi connectivity index (χ3v) is 4.56. The summed E-state index contributed by atoms with van der Waals surface area (Å²) in [6, 6.07) is 6.54. The summed E-state index contributed by atoms with van der Waals surface area (Å²) in [6.07, 6.45) is 0.383. The molecule has 1 aromatic carbocycles. The molecule has 0 bridgehead atoms. The molecule has 4 nitrogen and oxygen atoms in total. The van der Waals surface area contributed by atoms with Crippen molar-refractivity contribution in [1.82, 2.24) is 9.78 Å². The van der Waals surface area contributed by atoms with Crippen molar-refractivity contribution in [2.45, 2.75) is 52.9 Å². The Kier molecular flexibility index (Phi) is 6.60. The van der Waals surface area contributed by atoms with Gasteiger partial charge in [-0.2, -0.15) is 5.10 Å². The molecule has 0 saturated heterocycles. The van der Waals surface area contributed by atoms with E-state index >= 15 is 0 Å². The van der Waals surface area contributed by atoms with Crippen LogP contribution in [0.2, 0.25) is 5.02 Å². The van der Waals surface area contributed by atoms with E-state index in [0.29, 0.717) is 18.9 Å². The molecule has 2 aromatic rings. The van der Waals surface area contributed by atoms with Crippen LogP contribution >= 0.6 is 11.6 Å². The summed E-state index contributed by atoms with van der Waals surface area (Å²) in [7, 11) is 0. The summed E-state index contributed by atoms with van der Waals surface area (Å²) >= 11 is 5.93. The summed E-state index contributed by atoms with van der Waals surface area (Å²) in [5.74, 6) is -0.444. The summed E-state index contributed by atoms with van der Waals surface area (Å²) in [5, 5.41) is 4.83. The van der Waals surface area contributed by atoms with Crippen LogP contribution in [0.15, 0.2) is 24.3 Å². The van der Waals surface area contributed by atoms with Crippen LogP contribution < -0.4 is 0 Å². The molecule has 0 radical (unpaired) electrons. The van der Waals surface area contributed by atoms with Crippen LogP contribution in [-0.2, 0) is 15.0 Å². The lowest BCUT2D eigenvalue weighted by Gasteiger charge is -2.28. The molecule has 0 unspecified atom stereocenters. The monoisotopic (exact) mass is 368 g/mol. The average Bonchev–Trinajstić information content (AvgIpc) is 3.03. The lowest BCUT2D eigenvalue weighted by Crippen LogP contribution is -2.30. The highest BCUT2D eigenvalue weighted by Crippen LogP contribution is 2.32. The first-order chi connectivity index (χ1) is 11.8. The van der Waals surface area contributed by atoms with Crippen molar-refractivity contribution >= 4 is 11.6 Å². The first-order valence-electron chi connectivity index (χ1n) is 8.63. The molecular weight excluding hydrogens is 343 g/mol. The van der Waals surface area contributed by atoms with Gasteiger partial charge >= 0.3 is 0 Å². The van der Waals surface area contributed by atoms with Crippen LogP contribution in [0, 0.1) is 5.82 Å². The Hall–Kier alpha value is -1.43. The fourth-order valence-corrected chi connectivity index (χ4v) is 2.70. The SMILES string of the molecule is CCOC(OCC)c1cc(-c2ccc(F)c(Cl)c2)nn1C(C)(C)CC. The fraction of sp³-hybridized carbons (Fsp3) is 0.526. The highest BCUT2D eigenvalue weighted by molar-refractivity contribution is 6.31. The second-order valence-corrected chi connectivity index (χ2v) is 6.81. The van der Waals surface area contributed by atoms with Gasteiger partial charge in [-0.3, -0.25) is 4.68 Å². The minimum absolute atomic E-state index is 0.0783. The number of aromatic nitrogens is 2. The molecule has 0 aliphatic carbocycles. The Morgan fingerprint density at radius 2 is 1.80 bits per heavy atom. The van der Waals surface area contributed by atoms with Gasteiger partial charge in [0, 0.05) is 18.8 Å². The maximum atomic E-state index is 13.5. The largest absolute Gasteiger partial charge is 0.347 e. The number of halogens is 2. The Balaban J connectivity index is 2.56. The van der Waals surface area contributed by atoms with Gasteiger partial charge in [0.2, 0.25) is 6.29 Å². The zero-order valence-electron chi connectivity index (χ0n) is 15.5. The molecule has 6 heteroatoms. The van der Waals surface area contributed by atoms with Crippen molar-refractivity contribution in [3.05, 3.63) is 40.8 Å². The van der Waals surface area contributed by atoms with Crippen molar-refractivity contribution in [3.63, 3.8) is 0 Å². The van der Waals surface area contributed by atoms with Crippen molar-refractivity contribution < 1.29 is 13.9 Å². The molecule has 138 valence electrons. The maximum absolute atomic E-state index is 13.5. The van der Waals surface area contributed by atoms with E-state index in [1.54, 1.807) is 12.1 Å². The van der Waals surface area contributed by atoms with Crippen LogP contribution in [0.4, 0.5) is 4.39 Å². The van der Waals surface area contributed by atoms with Gasteiger partial charge in [-0.05, 0) is 58.4 Å². The lowest BCUT2D eigenvalue weighted by atomic mass is 10.0. The zero-order chi connectivity index (χ0) is 18.6. The molecule has 0 fully saturated rings. The second-order valence-electron chi connectivity index (χ2n) is 6.40. The van der Waals surface area contributed by atoms with Gasteiger partial charge in [-0.25, -0.2) is 4.39 Å². The third-order valence-electron chi connectivity index (χ3n) is 4.27. The summed E-state index contributed by atoms with van der Waals surface area (Å²) in [5.41, 5.74) is 2.09.